The van der Waals surface area contributed by atoms with E-state index in [1.165, 1.54) is 0 Å². The van der Waals surface area contributed by atoms with Gasteiger partial charge < -0.3 is 21.1 Å². The van der Waals surface area contributed by atoms with E-state index in [-0.39, 0.29) is 30.9 Å². The standard InChI is InChI=1S/C15H21N3O3/c16-13-5-3-12(4-6-13)15(21)17-8-14(20)18-7-1-2-11(9-18)10-19/h3-6,11,19H,1-2,7-10,16H2,(H,17,21). The highest BCUT2D eigenvalue weighted by molar-refractivity contribution is 5.96. The lowest BCUT2D eigenvalue weighted by Crippen LogP contribution is -2.45. The smallest absolute Gasteiger partial charge is 0.251 e. The molecular weight excluding hydrogens is 270 g/mol. The summed E-state index contributed by atoms with van der Waals surface area (Å²) in [5.41, 5.74) is 6.62. The number of hydrogen-bond donors (Lipinski definition) is 3. The largest absolute Gasteiger partial charge is 0.399 e. The third kappa shape index (κ3) is 4.19. The van der Waals surface area contributed by atoms with Crippen LogP contribution in [0.4, 0.5) is 5.69 Å². The molecule has 114 valence electrons. The van der Waals surface area contributed by atoms with Gasteiger partial charge in [-0.05, 0) is 43.0 Å². The Morgan fingerprint density at radius 3 is 2.71 bits per heavy atom. The molecule has 1 unspecified atom stereocenters. The van der Waals surface area contributed by atoms with Gasteiger partial charge in [0.05, 0.1) is 6.54 Å². The number of anilines is 1. The van der Waals surface area contributed by atoms with Gasteiger partial charge in [-0.1, -0.05) is 0 Å². The number of nitrogens with zero attached hydrogens (tertiary/aromatic N) is 1. The van der Waals surface area contributed by atoms with E-state index in [0.29, 0.717) is 24.3 Å². The second kappa shape index (κ2) is 7.08. The zero-order valence-electron chi connectivity index (χ0n) is 11.9. The van der Waals surface area contributed by atoms with Crippen LogP contribution in [0.25, 0.3) is 0 Å². The number of benzene rings is 1. The Bertz CT molecular complexity index is 501. The third-order valence-electron chi connectivity index (χ3n) is 3.70. The van der Waals surface area contributed by atoms with Crippen molar-refractivity contribution in [3.8, 4) is 0 Å². The molecule has 6 heteroatoms. The van der Waals surface area contributed by atoms with Crippen LogP contribution in [0, 0.1) is 5.92 Å². The van der Waals surface area contributed by atoms with Gasteiger partial charge in [-0.2, -0.15) is 0 Å². The molecule has 1 aromatic carbocycles. The molecule has 1 aliphatic rings. The number of nitrogens with two attached hydrogens (primary N) is 1. The van der Waals surface area contributed by atoms with Crippen LogP contribution >= 0.6 is 0 Å². The number of nitrogens with one attached hydrogen (secondary N) is 1. The predicted octanol–water partition coefficient (Wildman–Crippen LogP) is 0.230. The molecule has 6 nitrogen and oxygen atoms in total. The van der Waals surface area contributed by atoms with Gasteiger partial charge in [0.2, 0.25) is 5.91 Å². The zero-order valence-corrected chi connectivity index (χ0v) is 11.9. The number of rotatable bonds is 4. The minimum atomic E-state index is -0.293. The molecule has 0 saturated carbocycles. The van der Waals surface area contributed by atoms with Crippen LogP contribution in [-0.4, -0.2) is 48.1 Å². The van der Waals surface area contributed by atoms with Crippen molar-refractivity contribution in [2.75, 3.05) is 32.0 Å². The van der Waals surface area contributed by atoms with Gasteiger partial charge in [0.25, 0.3) is 5.91 Å². The maximum atomic E-state index is 12.1. The van der Waals surface area contributed by atoms with E-state index >= 15 is 0 Å². The fourth-order valence-electron chi connectivity index (χ4n) is 2.44. The number of carbonyl (C=O) groups excluding carboxylic acids is 2. The van der Waals surface area contributed by atoms with E-state index < -0.39 is 0 Å². The molecule has 4 N–H and O–H groups in total. The minimum absolute atomic E-state index is 0.0264. The number of likely N-dealkylation sites (tertiary alicyclic amines) is 1. The molecule has 1 fully saturated rings. The maximum absolute atomic E-state index is 12.1. The molecule has 0 aliphatic carbocycles. The van der Waals surface area contributed by atoms with Crippen LogP contribution in [-0.2, 0) is 4.79 Å². The van der Waals surface area contributed by atoms with E-state index in [4.69, 9.17) is 10.8 Å². The number of nitrogen functional groups attached to an aromatic ring is 1. The summed E-state index contributed by atoms with van der Waals surface area (Å²) in [6, 6.07) is 6.54. The lowest BCUT2D eigenvalue weighted by Gasteiger charge is -2.31. The Morgan fingerprint density at radius 2 is 2.05 bits per heavy atom. The molecule has 0 spiro atoms. The average Bonchev–Trinajstić information content (AvgIpc) is 2.53. The highest BCUT2D eigenvalue weighted by Crippen LogP contribution is 2.15. The molecule has 1 atom stereocenters. The molecule has 0 radical (unpaired) electrons. The summed E-state index contributed by atoms with van der Waals surface area (Å²) in [5.74, 6) is -0.258. The van der Waals surface area contributed by atoms with Crippen molar-refractivity contribution in [3.05, 3.63) is 29.8 Å². The van der Waals surface area contributed by atoms with Crippen molar-refractivity contribution in [2.45, 2.75) is 12.8 Å². The van der Waals surface area contributed by atoms with Gasteiger partial charge in [0, 0.05) is 30.9 Å². The molecule has 1 saturated heterocycles. The Kier molecular flexibility index (Phi) is 5.16. The first kappa shape index (κ1) is 15.3. The number of piperidine rings is 1. The average molecular weight is 291 g/mol. The Hall–Kier alpha value is -2.08. The van der Waals surface area contributed by atoms with Gasteiger partial charge in [0.1, 0.15) is 0 Å². The summed E-state index contributed by atoms with van der Waals surface area (Å²) in [7, 11) is 0. The number of carbonyl (C=O) groups is 2. The van der Waals surface area contributed by atoms with Crippen LogP contribution in [0.5, 0.6) is 0 Å². The van der Waals surface area contributed by atoms with Crippen LogP contribution in [0.15, 0.2) is 24.3 Å². The lowest BCUT2D eigenvalue weighted by molar-refractivity contribution is -0.132. The fourth-order valence-corrected chi connectivity index (χ4v) is 2.44. The first-order valence-corrected chi connectivity index (χ1v) is 7.12. The maximum Gasteiger partial charge on any atom is 0.251 e. The van der Waals surface area contributed by atoms with Gasteiger partial charge >= 0.3 is 0 Å². The number of hydrogen-bond acceptors (Lipinski definition) is 4. The SMILES string of the molecule is Nc1ccc(C(=O)NCC(=O)N2CCCC(CO)C2)cc1. The van der Waals surface area contributed by atoms with Gasteiger partial charge in [-0.15, -0.1) is 0 Å². The summed E-state index contributed by atoms with van der Waals surface area (Å²) in [6.07, 6.45) is 1.83. The first-order valence-electron chi connectivity index (χ1n) is 7.12. The highest BCUT2D eigenvalue weighted by Gasteiger charge is 2.23. The van der Waals surface area contributed by atoms with E-state index in [0.717, 1.165) is 12.8 Å². The third-order valence-corrected chi connectivity index (χ3v) is 3.70. The highest BCUT2D eigenvalue weighted by atomic mass is 16.3. The van der Waals surface area contributed by atoms with Crippen molar-refractivity contribution in [3.63, 3.8) is 0 Å². The van der Waals surface area contributed by atoms with Gasteiger partial charge in [-0.3, -0.25) is 9.59 Å². The van der Waals surface area contributed by atoms with Crippen molar-refractivity contribution < 1.29 is 14.7 Å². The lowest BCUT2D eigenvalue weighted by atomic mass is 9.99. The number of aliphatic hydroxyl groups excluding tert-OH is 1. The minimum Gasteiger partial charge on any atom is -0.399 e. The quantitative estimate of drug-likeness (QED) is 0.692. The normalized spacial score (nSPS) is 18.3. The summed E-state index contributed by atoms with van der Waals surface area (Å²) < 4.78 is 0. The van der Waals surface area contributed by atoms with E-state index in [1.807, 2.05) is 0 Å². The molecule has 1 aliphatic heterocycles. The Labute approximate surface area is 123 Å². The van der Waals surface area contributed by atoms with Crippen molar-refractivity contribution in [2.24, 2.45) is 5.92 Å². The van der Waals surface area contributed by atoms with E-state index in [2.05, 4.69) is 5.32 Å². The molecule has 1 aromatic rings. The number of aliphatic hydroxyl groups is 1. The molecule has 1 heterocycles. The van der Waals surface area contributed by atoms with Gasteiger partial charge in [0.15, 0.2) is 0 Å². The predicted molar refractivity (Wildman–Crippen MR) is 79.6 cm³/mol. The Balaban J connectivity index is 1.83. The van der Waals surface area contributed by atoms with Crippen molar-refractivity contribution >= 4 is 17.5 Å². The van der Waals surface area contributed by atoms with Crippen LogP contribution < -0.4 is 11.1 Å². The van der Waals surface area contributed by atoms with E-state index in [9.17, 15) is 9.59 Å². The molecule has 0 bridgehead atoms. The molecule has 2 amide bonds. The summed E-state index contributed by atoms with van der Waals surface area (Å²) in [5, 5.41) is 11.8. The molecule has 2 rings (SSSR count). The van der Waals surface area contributed by atoms with Gasteiger partial charge in [-0.25, -0.2) is 0 Å². The number of amides is 2. The summed E-state index contributed by atoms with van der Waals surface area (Å²) >= 11 is 0. The topological polar surface area (TPSA) is 95.7 Å². The van der Waals surface area contributed by atoms with Crippen molar-refractivity contribution in [1.82, 2.24) is 10.2 Å². The van der Waals surface area contributed by atoms with Crippen LogP contribution in [0.3, 0.4) is 0 Å². The second-order valence-corrected chi connectivity index (χ2v) is 5.34. The fraction of sp³-hybridized carbons (Fsp3) is 0.467. The second-order valence-electron chi connectivity index (χ2n) is 5.34. The molecule has 21 heavy (non-hydrogen) atoms. The summed E-state index contributed by atoms with van der Waals surface area (Å²) in [4.78, 5) is 25.7. The zero-order chi connectivity index (χ0) is 15.2. The first-order chi connectivity index (χ1) is 10.1. The monoisotopic (exact) mass is 291 g/mol. The van der Waals surface area contributed by atoms with Crippen molar-refractivity contribution in [1.29, 1.82) is 0 Å². The Morgan fingerprint density at radius 1 is 1.33 bits per heavy atom. The van der Waals surface area contributed by atoms with Crippen LogP contribution in [0.1, 0.15) is 23.2 Å². The molecular formula is C15H21N3O3. The van der Waals surface area contributed by atoms with Crippen LogP contribution in [0.2, 0.25) is 0 Å². The van der Waals surface area contributed by atoms with E-state index in [1.54, 1.807) is 29.2 Å². The summed E-state index contributed by atoms with van der Waals surface area (Å²) in [6.45, 7) is 1.32. The molecule has 0 aromatic heterocycles.